The van der Waals surface area contributed by atoms with Crippen LogP contribution in [0.3, 0.4) is 0 Å². The zero-order chi connectivity index (χ0) is 16.5. The summed E-state index contributed by atoms with van der Waals surface area (Å²) in [5, 5.41) is 3.58. The quantitative estimate of drug-likeness (QED) is 0.673. The van der Waals surface area contributed by atoms with E-state index >= 15 is 0 Å². The molecule has 0 unspecified atom stereocenters. The van der Waals surface area contributed by atoms with E-state index in [2.05, 4.69) is 27.3 Å². The van der Waals surface area contributed by atoms with Crippen LogP contribution in [0.15, 0.2) is 24.4 Å². The van der Waals surface area contributed by atoms with Crippen LogP contribution in [0.4, 0.5) is 5.82 Å². The fraction of sp³-hybridized carbons (Fsp3) is 0.762. The van der Waals surface area contributed by atoms with Gasteiger partial charge in [-0.3, -0.25) is 0 Å². The lowest BCUT2D eigenvalue weighted by Crippen LogP contribution is -2.39. The van der Waals surface area contributed by atoms with Gasteiger partial charge in [0.15, 0.2) is 0 Å². The minimum absolute atomic E-state index is 0.599. The number of aromatic nitrogens is 1. The molecule has 0 atom stereocenters. The molecular weight excluding hydrogens is 294 g/mol. The Labute approximate surface area is 148 Å². The van der Waals surface area contributed by atoms with Gasteiger partial charge in [-0.25, -0.2) is 4.98 Å². The average molecular weight is 330 g/mol. The second-order valence-corrected chi connectivity index (χ2v) is 7.83. The van der Waals surface area contributed by atoms with Crippen molar-refractivity contribution in [3.63, 3.8) is 0 Å². The lowest BCUT2D eigenvalue weighted by molar-refractivity contribution is 0.213. The molecule has 2 fully saturated rings. The third kappa shape index (κ3) is 6.08. The Hall–Kier alpha value is -1.09. The van der Waals surface area contributed by atoms with E-state index in [1.165, 1.54) is 90.3 Å². The van der Waals surface area contributed by atoms with E-state index in [-0.39, 0.29) is 0 Å². The molecule has 1 saturated carbocycles. The maximum absolute atomic E-state index is 4.38. The summed E-state index contributed by atoms with van der Waals surface area (Å²) in [5.41, 5.74) is 0. The van der Waals surface area contributed by atoms with Gasteiger partial charge in [-0.15, -0.1) is 0 Å². The summed E-state index contributed by atoms with van der Waals surface area (Å²) in [6.07, 6.45) is 17.6. The minimum Gasteiger partial charge on any atom is -0.367 e. The largest absolute Gasteiger partial charge is 0.367 e. The summed E-state index contributed by atoms with van der Waals surface area (Å²) < 4.78 is 0. The maximum atomic E-state index is 4.38. The van der Waals surface area contributed by atoms with Gasteiger partial charge in [0.2, 0.25) is 0 Å². The van der Waals surface area contributed by atoms with Gasteiger partial charge in [0.25, 0.3) is 0 Å². The first-order valence-electron chi connectivity index (χ1n) is 10.3. The molecule has 3 nitrogen and oxygen atoms in total. The Bertz CT molecular complexity index is 434. The Morgan fingerprint density at radius 2 is 1.79 bits per heavy atom. The highest BCUT2D eigenvalue weighted by atomic mass is 15.1. The second-order valence-electron chi connectivity index (χ2n) is 7.83. The molecule has 0 amide bonds. The first-order valence-corrected chi connectivity index (χ1v) is 10.3. The fourth-order valence-electron chi connectivity index (χ4n) is 4.38. The summed E-state index contributed by atoms with van der Waals surface area (Å²) in [6.45, 7) is 3.79. The molecule has 2 aliphatic rings. The lowest BCUT2D eigenvalue weighted by atomic mass is 9.85. The van der Waals surface area contributed by atoms with Crippen molar-refractivity contribution in [2.24, 2.45) is 5.92 Å². The van der Waals surface area contributed by atoms with Crippen LogP contribution in [0.1, 0.15) is 70.6 Å². The van der Waals surface area contributed by atoms with Crippen LogP contribution in [-0.2, 0) is 0 Å². The van der Waals surface area contributed by atoms with Crippen LogP contribution >= 0.6 is 0 Å². The van der Waals surface area contributed by atoms with Crippen molar-refractivity contribution in [2.75, 3.05) is 25.0 Å². The fourth-order valence-corrected chi connectivity index (χ4v) is 4.38. The van der Waals surface area contributed by atoms with Gasteiger partial charge in [-0.1, -0.05) is 57.4 Å². The first-order chi connectivity index (χ1) is 11.9. The molecule has 1 saturated heterocycles. The Morgan fingerprint density at radius 3 is 2.54 bits per heavy atom. The van der Waals surface area contributed by atoms with E-state index in [0.29, 0.717) is 6.04 Å². The van der Waals surface area contributed by atoms with Crippen molar-refractivity contribution in [1.82, 2.24) is 9.88 Å². The van der Waals surface area contributed by atoms with E-state index in [1.807, 2.05) is 12.3 Å². The van der Waals surface area contributed by atoms with E-state index in [9.17, 15) is 0 Å². The van der Waals surface area contributed by atoms with Gasteiger partial charge in [-0.05, 0) is 43.9 Å². The van der Waals surface area contributed by atoms with Crippen molar-refractivity contribution in [2.45, 2.75) is 76.7 Å². The molecule has 24 heavy (non-hydrogen) atoms. The van der Waals surface area contributed by atoms with E-state index in [1.54, 1.807) is 0 Å². The molecule has 2 heterocycles. The molecule has 1 aromatic rings. The second kappa shape index (κ2) is 10.0. The molecule has 1 N–H and O–H groups in total. The third-order valence-electron chi connectivity index (χ3n) is 5.92. The summed E-state index contributed by atoms with van der Waals surface area (Å²) in [6, 6.07) is 6.70. The number of piperidine rings is 1. The number of hydrogen-bond donors (Lipinski definition) is 1. The summed E-state index contributed by atoms with van der Waals surface area (Å²) >= 11 is 0. The van der Waals surface area contributed by atoms with Crippen LogP contribution in [0, 0.1) is 5.92 Å². The predicted molar refractivity (Wildman–Crippen MR) is 102 cm³/mol. The standard InChI is InChI=1S/C21H35N3/c1-3-9-19(10-4-1)11-5-2-8-16-24-17-13-20(14-18-24)23-21-12-6-7-15-22-21/h6-7,12,15,19-20H,1-5,8-11,13-14,16-18H2,(H,22,23). The monoisotopic (exact) mass is 329 g/mol. The highest BCUT2D eigenvalue weighted by molar-refractivity contribution is 5.34. The Morgan fingerprint density at radius 1 is 0.958 bits per heavy atom. The minimum atomic E-state index is 0.599. The van der Waals surface area contributed by atoms with Crippen molar-refractivity contribution in [3.8, 4) is 0 Å². The van der Waals surface area contributed by atoms with Crippen molar-refractivity contribution in [1.29, 1.82) is 0 Å². The summed E-state index contributed by atoms with van der Waals surface area (Å²) in [5.74, 6) is 2.09. The maximum Gasteiger partial charge on any atom is 0.126 e. The third-order valence-corrected chi connectivity index (χ3v) is 5.92. The molecule has 0 spiro atoms. The first kappa shape index (κ1) is 17.7. The Balaban J connectivity index is 1.22. The molecule has 134 valence electrons. The highest BCUT2D eigenvalue weighted by Crippen LogP contribution is 2.28. The van der Waals surface area contributed by atoms with Gasteiger partial charge in [0.05, 0.1) is 0 Å². The number of hydrogen-bond acceptors (Lipinski definition) is 3. The van der Waals surface area contributed by atoms with Crippen molar-refractivity contribution in [3.05, 3.63) is 24.4 Å². The van der Waals surface area contributed by atoms with Gasteiger partial charge >= 0.3 is 0 Å². The number of nitrogens with one attached hydrogen (secondary N) is 1. The van der Waals surface area contributed by atoms with E-state index in [0.717, 1.165) is 11.7 Å². The normalized spacial score (nSPS) is 21.0. The molecular formula is C21H35N3. The molecule has 1 aliphatic carbocycles. The smallest absolute Gasteiger partial charge is 0.126 e. The zero-order valence-corrected chi connectivity index (χ0v) is 15.3. The molecule has 3 heteroatoms. The highest BCUT2D eigenvalue weighted by Gasteiger charge is 2.19. The van der Waals surface area contributed by atoms with Crippen molar-refractivity contribution >= 4 is 5.82 Å². The SMILES string of the molecule is c1ccc(NC2CCN(CCCCCC3CCCCC3)CC2)nc1. The Kier molecular flexibility index (Phi) is 7.40. The molecule has 0 radical (unpaired) electrons. The summed E-state index contributed by atoms with van der Waals surface area (Å²) in [4.78, 5) is 7.04. The molecule has 1 aromatic heterocycles. The predicted octanol–water partition coefficient (Wildman–Crippen LogP) is 5.10. The number of rotatable bonds is 8. The van der Waals surface area contributed by atoms with Gasteiger partial charge < -0.3 is 10.2 Å². The lowest BCUT2D eigenvalue weighted by Gasteiger charge is -2.32. The van der Waals surface area contributed by atoms with E-state index < -0.39 is 0 Å². The van der Waals surface area contributed by atoms with Gasteiger partial charge in [0.1, 0.15) is 5.82 Å². The summed E-state index contributed by atoms with van der Waals surface area (Å²) in [7, 11) is 0. The molecule has 3 rings (SSSR count). The topological polar surface area (TPSA) is 28.2 Å². The van der Waals surface area contributed by atoms with Crippen LogP contribution in [-0.4, -0.2) is 35.6 Å². The van der Waals surface area contributed by atoms with Crippen LogP contribution in [0.5, 0.6) is 0 Å². The number of pyridine rings is 1. The van der Waals surface area contributed by atoms with Crippen LogP contribution in [0.25, 0.3) is 0 Å². The number of anilines is 1. The van der Waals surface area contributed by atoms with Gasteiger partial charge in [-0.2, -0.15) is 0 Å². The number of nitrogens with zero attached hydrogens (tertiary/aromatic N) is 2. The van der Waals surface area contributed by atoms with Crippen LogP contribution in [0.2, 0.25) is 0 Å². The van der Waals surface area contributed by atoms with Crippen molar-refractivity contribution < 1.29 is 0 Å². The van der Waals surface area contributed by atoms with Gasteiger partial charge in [0, 0.05) is 25.3 Å². The average Bonchev–Trinajstić information content (AvgIpc) is 2.65. The molecule has 1 aliphatic heterocycles. The number of unbranched alkanes of at least 4 members (excludes halogenated alkanes) is 2. The van der Waals surface area contributed by atoms with Crippen LogP contribution < -0.4 is 5.32 Å². The number of likely N-dealkylation sites (tertiary alicyclic amines) is 1. The zero-order valence-electron chi connectivity index (χ0n) is 15.3. The van der Waals surface area contributed by atoms with E-state index in [4.69, 9.17) is 0 Å². The molecule has 0 aromatic carbocycles. The molecule has 0 bridgehead atoms.